The van der Waals surface area contributed by atoms with Gasteiger partial charge in [0.15, 0.2) is 0 Å². The summed E-state index contributed by atoms with van der Waals surface area (Å²) in [6.07, 6.45) is 1.14. The lowest BCUT2D eigenvalue weighted by Gasteiger charge is -2.22. The molecule has 0 spiro atoms. The number of rotatable bonds is 5. The Kier molecular flexibility index (Phi) is 4.40. The van der Waals surface area contributed by atoms with Gasteiger partial charge in [-0.15, -0.1) is 0 Å². The van der Waals surface area contributed by atoms with Gasteiger partial charge in [-0.25, -0.2) is 0 Å². The minimum absolute atomic E-state index is 0.383. The fraction of sp³-hybridized carbons (Fsp3) is 0.294. The quantitative estimate of drug-likeness (QED) is 0.783. The van der Waals surface area contributed by atoms with Gasteiger partial charge in [0.2, 0.25) is 0 Å². The summed E-state index contributed by atoms with van der Waals surface area (Å²) in [4.78, 5) is 0. The minimum Gasteiger partial charge on any atom is -0.378 e. The summed E-state index contributed by atoms with van der Waals surface area (Å²) in [6, 6.07) is 21.5. The predicted molar refractivity (Wildman–Crippen MR) is 78.7 cm³/mol. The molecule has 0 saturated heterocycles. The molecule has 2 rings (SSSR count). The number of nitrogens with one attached hydrogen (secondary N) is 1. The lowest BCUT2D eigenvalue weighted by Crippen LogP contribution is -2.13. The topological polar surface area (TPSA) is 12.0 Å². The van der Waals surface area contributed by atoms with Gasteiger partial charge in [0.1, 0.15) is 0 Å². The molecule has 1 heteroatoms. The van der Waals surface area contributed by atoms with E-state index in [-0.39, 0.29) is 0 Å². The zero-order valence-electron chi connectivity index (χ0n) is 11.1. The van der Waals surface area contributed by atoms with Crippen molar-refractivity contribution < 1.29 is 0 Å². The molecule has 0 fully saturated rings. The van der Waals surface area contributed by atoms with Crippen LogP contribution >= 0.6 is 0 Å². The molecule has 0 aliphatic carbocycles. The first-order chi connectivity index (χ1) is 8.75. The van der Waals surface area contributed by atoms with Crippen LogP contribution < -0.4 is 5.32 Å². The fourth-order valence-electron chi connectivity index (χ4n) is 2.17. The average Bonchev–Trinajstić information content (AvgIpc) is 2.40. The van der Waals surface area contributed by atoms with Crippen molar-refractivity contribution in [2.75, 3.05) is 5.32 Å². The lowest BCUT2D eigenvalue weighted by atomic mass is 9.97. The largest absolute Gasteiger partial charge is 0.378 e. The lowest BCUT2D eigenvalue weighted by molar-refractivity contribution is 0.531. The molecule has 94 valence electrons. The maximum atomic E-state index is 3.63. The van der Waals surface area contributed by atoms with Gasteiger partial charge < -0.3 is 5.32 Å². The predicted octanol–water partition coefficient (Wildman–Crippen LogP) is 4.89. The van der Waals surface area contributed by atoms with Crippen molar-refractivity contribution in [3.8, 4) is 0 Å². The molecule has 1 atom stereocenters. The van der Waals surface area contributed by atoms with Gasteiger partial charge in [0, 0.05) is 5.69 Å². The highest BCUT2D eigenvalue weighted by Crippen LogP contribution is 2.25. The molecule has 2 aromatic carbocycles. The number of hydrogen-bond acceptors (Lipinski definition) is 1. The average molecular weight is 239 g/mol. The van der Waals surface area contributed by atoms with Crippen LogP contribution in [0.3, 0.4) is 0 Å². The molecule has 0 saturated carbocycles. The standard InChI is InChI=1S/C17H21N/c1-14(2)13-17(15-9-5-3-6-10-15)18-16-11-7-4-8-12-16/h3-12,14,17-18H,13H2,1-2H3. The molecule has 0 radical (unpaired) electrons. The van der Waals surface area contributed by atoms with Crippen LogP contribution in [0.4, 0.5) is 5.69 Å². The van der Waals surface area contributed by atoms with E-state index in [0.717, 1.165) is 6.42 Å². The van der Waals surface area contributed by atoms with Crippen molar-refractivity contribution in [3.05, 3.63) is 66.2 Å². The second-order valence-corrected chi connectivity index (χ2v) is 5.10. The number of benzene rings is 2. The first-order valence-electron chi connectivity index (χ1n) is 6.62. The summed E-state index contributed by atoms with van der Waals surface area (Å²) in [5.74, 6) is 0.673. The highest BCUT2D eigenvalue weighted by atomic mass is 14.9. The summed E-state index contributed by atoms with van der Waals surface area (Å²) < 4.78 is 0. The van der Waals surface area contributed by atoms with Gasteiger partial charge in [-0.05, 0) is 30.0 Å². The van der Waals surface area contributed by atoms with Crippen molar-refractivity contribution in [1.29, 1.82) is 0 Å². The molecule has 1 N–H and O–H groups in total. The van der Waals surface area contributed by atoms with Crippen LogP contribution in [0.15, 0.2) is 60.7 Å². The molecule has 0 aromatic heterocycles. The molecule has 2 aromatic rings. The Morgan fingerprint density at radius 3 is 1.94 bits per heavy atom. The number of para-hydroxylation sites is 1. The van der Waals surface area contributed by atoms with E-state index in [1.165, 1.54) is 11.3 Å². The second kappa shape index (κ2) is 6.25. The molecule has 0 amide bonds. The van der Waals surface area contributed by atoms with E-state index in [4.69, 9.17) is 0 Å². The number of hydrogen-bond donors (Lipinski definition) is 1. The van der Waals surface area contributed by atoms with Gasteiger partial charge >= 0.3 is 0 Å². The van der Waals surface area contributed by atoms with Crippen LogP contribution in [0, 0.1) is 5.92 Å². The van der Waals surface area contributed by atoms with Gasteiger partial charge in [-0.2, -0.15) is 0 Å². The second-order valence-electron chi connectivity index (χ2n) is 5.10. The van der Waals surface area contributed by atoms with E-state index < -0.39 is 0 Å². The van der Waals surface area contributed by atoms with Crippen molar-refractivity contribution in [2.24, 2.45) is 5.92 Å². The fourth-order valence-corrected chi connectivity index (χ4v) is 2.17. The van der Waals surface area contributed by atoms with Crippen molar-refractivity contribution in [3.63, 3.8) is 0 Å². The Hall–Kier alpha value is -1.76. The van der Waals surface area contributed by atoms with E-state index in [0.29, 0.717) is 12.0 Å². The van der Waals surface area contributed by atoms with Crippen LogP contribution in [0.1, 0.15) is 31.9 Å². The first kappa shape index (κ1) is 12.7. The molecule has 0 aliphatic rings. The maximum Gasteiger partial charge on any atom is 0.0516 e. The Bertz CT molecular complexity index is 448. The molecule has 0 bridgehead atoms. The van der Waals surface area contributed by atoms with Crippen LogP contribution in [0.5, 0.6) is 0 Å². The summed E-state index contributed by atoms with van der Waals surface area (Å²) in [5.41, 5.74) is 2.54. The van der Waals surface area contributed by atoms with E-state index in [2.05, 4.69) is 73.8 Å². The Morgan fingerprint density at radius 1 is 0.833 bits per heavy atom. The third-order valence-electron chi connectivity index (χ3n) is 3.02. The molecule has 1 nitrogen and oxygen atoms in total. The van der Waals surface area contributed by atoms with Crippen LogP contribution in [0.25, 0.3) is 0 Å². The van der Waals surface area contributed by atoms with Crippen LogP contribution in [-0.4, -0.2) is 0 Å². The summed E-state index contributed by atoms with van der Waals surface area (Å²) >= 11 is 0. The zero-order valence-corrected chi connectivity index (χ0v) is 11.1. The summed E-state index contributed by atoms with van der Waals surface area (Å²) in [6.45, 7) is 4.53. The minimum atomic E-state index is 0.383. The Balaban J connectivity index is 2.16. The van der Waals surface area contributed by atoms with E-state index in [1.54, 1.807) is 0 Å². The van der Waals surface area contributed by atoms with Gasteiger partial charge in [0.05, 0.1) is 6.04 Å². The molecule has 0 heterocycles. The molecular formula is C17H21N. The zero-order chi connectivity index (χ0) is 12.8. The smallest absolute Gasteiger partial charge is 0.0516 e. The van der Waals surface area contributed by atoms with Crippen LogP contribution in [0.2, 0.25) is 0 Å². The van der Waals surface area contributed by atoms with Crippen molar-refractivity contribution in [2.45, 2.75) is 26.3 Å². The molecule has 1 unspecified atom stereocenters. The highest BCUT2D eigenvalue weighted by Gasteiger charge is 2.12. The monoisotopic (exact) mass is 239 g/mol. The highest BCUT2D eigenvalue weighted by molar-refractivity contribution is 5.45. The van der Waals surface area contributed by atoms with E-state index in [1.807, 2.05) is 6.07 Å². The van der Waals surface area contributed by atoms with Gasteiger partial charge in [-0.1, -0.05) is 62.4 Å². The normalized spacial score (nSPS) is 12.4. The van der Waals surface area contributed by atoms with Crippen molar-refractivity contribution >= 4 is 5.69 Å². The van der Waals surface area contributed by atoms with Gasteiger partial charge in [0.25, 0.3) is 0 Å². The summed E-state index contributed by atoms with van der Waals surface area (Å²) in [7, 11) is 0. The molecular weight excluding hydrogens is 218 g/mol. The maximum absolute atomic E-state index is 3.63. The van der Waals surface area contributed by atoms with Crippen LogP contribution in [-0.2, 0) is 0 Å². The SMILES string of the molecule is CC(C)CC(Nc1ccccc1)c1ccccc1. The van der Waals surface area contributed by atoms with Gasteiger partial charge in [-0.3, -0.25) is 0 Å². The first-order valence-corrected chi connectivity index (χ1v) is 6.62. The number of anilines is 1. The molecule has 18 heavy (non-hydrogen) atoms. The van der Waals surface area contributed by atoms with E-state index >= 15 is 0 Å². The Labute approximate surface area is 110 Å². The third kappa shape index (κ3) is 3.63. The Morgan fingerprint density at radius 2 is 1.39 bits per heavy atom. The van der Waals surface area contributed by atoms with E-state index in [9.17, 15) is 0 Å². The summed E-state index contributed by atoms with van der Waals surface area (Å²) in [5, 5.41) is 3.63. The van der Waals surface area contributed by atoms with Crippen molar-refractivity contribution in [1.82, 2.24) is 0 Å². The third-order valence-corrected chi connectivity index (χ3v) is 3.02. The molecule has 0 aliphatic heterocycles.